The fraction of sp³-hybridized carbons (Fsp3) is 0.385. The summed E-state index contributed by atoms with van der Waals surface area (Å²) in [5.74, 6) is 0.106. The number of fused-ring (bicyclic) bond motifs is 1. The van der Waals surface area contributed by atoms with Crippen molar-refractivity contribution in [1.29, 1.82) is 0 Å². The SMILES string of the molecule is O=C1COc2cc(C(=O)NC3CC(O)C3)ccc2N1. The summed E-state index contributed by atoms with van der Waals surface area (Å²) in [6, 6.07) is 4.94. The molecule has 6 nitrogen and oxygen atoms in total. The second-order valence-electron chi connectivity index (χ2n) is 4.84. The van der Waals surface area contributed by atoms with Crippen molar-refractivity contribution in [3.63, 3.8) is 0 Å². The van der Waals surface area contributed by atoms with Gasteiger partial charge in [-0.2, -0.15) is 0 Å². The van der Waals surface area contributed by atoms with E-state index < -0.39 is 0 Å². The van der Waals surface area contributed by atoms with Gasteiger partial charge in [-0.3, -0.25) is 9.59 Å². The molecule has 6 heteroatoms. The molecule has 0 saturated heterocycles. The van der Waals surface area contributed by atoms with Crippen molar-refractivity contribution in [1.82, 2.24) is 5.32 Å². The van der Waals surface area contributed by atoms with Gasteiger partial charge in [0.1, 0.15) is 5.75 Å². The van der Waals surface area contributed by atoms with Gasteiger partial charge in [0.05, 0.1) is 11.8 Å². The first-order valence-corrected chi connectivity index (χ1v) is 6.17. The number of hydrogen-bond acceptors (Lipinski definition) is 4. The summed E-state index contributed by atoms with van der Waals surface area (Å²) in [5, 5.41) is 14.7. The van der Waals surface area contributed by atoms with E-state index in [1.807, 2.05) is 0 Å². The monoisotopic (exact) mass is 262 g/mol. The Labute approximate surface area is 109 Å². The number of ether oxygens (including phenoxy) is 1. The minimum absolute atomic E-state index is 0.0348. The lowest BCUT2D eigenvalue weighted by atomic mass is 9.89. The Kier molecular flexibility index (Phi) is 2.87. The molecule has 0 aromatic heterocycles. The van der Waals surface area contributed by atoms with Gasteiger partial charge >= 0.3 is 0 Å². The van der Waals surface area contributed by atoms with Crippen LogP contribution in [0.15, 0.2) is 18.2 Å². The van der Waals surface area contributed by atoms with Gasteiger partial charge in [0.2, 0.25) is 0 Å². The molecule has 0 radical (unpaired) electrons. The number of aliphatic hydroxyl groups is 1. The second kappa shape index (κ2) is 4.55. The van der Waals surface area contributed by atoms with E-state index in [4.69, 9.17) is 4.74 Å². The number of amides is 2. The highest BCUT2D eigenvalue weighted by Crippen LogP contribution is 2.28. The van der Waals surface area contributed by atoms with Gasteiger partial charge in [-0.15, -0.1) is 0 Å². The second-order valence-corrected chi connectivity index (χ2v) is 4.84. The van der Waals surface area contributed by atoms with E-state index in [1.165, 1.54) is 0 Å². The molecule has 3 rings (SSSR count). The summed E-state index contributed by atoms with van der Waals surface area (Å²) in [7, 11) is 0. The highest BCUT2D eigenvalue weighted by molar-refractivity contribution is 5.99. The number of carbonyl (C=O) groups is 2. The Morgan fingerprint density at radius 3 is 2.95 bits per heavy atom. The Bertz CT molecular complexity index is 537. The molecule has 0 bridgehead atoms. The highest BCUT2D eigenvalue weighted by Gasteiger charge is 2.29. The van der Waals surface area contributed by atoms with E-state index in [0.29, 0.717) is 29.8 Å². The quantitative estimate of drug-likeness (QED) is 0.714. The standard InChI is InChI=1S/C13H14N2O4/c16-9-4-8(5-9)14-13(18)7-1-2-10-11(3-7)19-6-12(17)15-10/h1-3,8-9,16H,4-6H2,(H,14,18)(H,15,17). The van der Waals surface area contributed by atoms with Gasteiger partial charge in [0, 0.05) is 11.6 Å². The average molecular weight is 262 g/mol. The van der Waals surface area contributed by atoms with Crippen LogP contribution in [0.4, 0.5) is 5.69 Å². The largest absolute Gasteiger partial charge is 0.482 e. The summed E-state index contributed by atoms with van der Waals surface area (Å²) in [6.07, 6.45) is 0.902. The summed E-state index contributed by atoms with van der Waals surface area (Å²) in [6.45, 7) is -0.0348. The fourth-order valence-electron chi connectivity index (χ4n) is 2.19. The van der Waals surface area contributed by atoms with Crippen molar-refractivity contribution in [2.24, 2.45) is 0 Å². The molecule has 2 amide bonds. The number of anilines is 1. The van der Waals surface area contributed by atoms with Crippen molar-refractivity contribution in [3.8, 4) is 5.75 Å². The Morgan fingerprint density at radius 1 is 1.42 bits per heavy atom. The first-order valence-electron chi connectivity index (χ1n) is 6.17. The number of nitrogens with one attached hydrogen (secondary N) is 2. The van der Waals surface area contributed by atoms with Gasteiger partial charge < -0.3 is 20.5 Å². The van der Waals surface area contributed by atoms with Crippen molar-refractivity contribution in [2.75, 3.05) is 11.9 Å². The Hall–Kier alpha value is -2.08. The maximum absolute atomic E-state index is 12.0. The van der Waals surface area contributed by atoms with E-state index in [-0.39, 0.29) is 30.6 Å². The average Bonchev–Trinajstić information content (AvgIpc) is 2.36. The van der Waals surface area contributed by atoms with Crippen LogP contribution >= 0.6 is 0 Å². The third kappa shape index (κ3) is 2.39. The molecule has 1 saturated carbocycles. The predicted molar refractivity (Wildman–Crippen MR) is 67.1 cm³/mol. The number of carbonyl (C=O) groups excluding carboxylic acids is 2. The zero-order valence-electron chi connectivity index (χ0n) is 10.2. The number of rotatable bonds is 2. The third-order valence-corrected chi connectivity index (χ3v) is 3.33. The van der Waals surface area contributed by atoms with Gasteiger partial charge in [0.25, 0.3) is 11.8 Å². The maximum Gasteiger partial charge on any atom is 0.262 e. The van der Waals surface area contributed by atoms with Crippen molar-refractivity contribution in [2.45, 2.75) is 25.0 Å². The van der Waals surface area contributed by atoms with Crippen molar-refractivity contribution >= 4 is 17.5 Å². The van der Waals surface area contributed by atoms with Crippen LogP contribution in [0.5, 0.6) is 5.75 Å². The van der Waals surface area contributed by atoms with E-state index in [0.717, 1.165) is 0 Å². The number of aliphatic hydroxyl groups excluding tert-OH is 1. The maximum atomic E-state index is 12.0. The molecule has 1 aromatic carbocycles. The van der Waals surface area contributed by atoms with Gasteiger partial charge in [-0.05, 0) is 31.0 Å². The first kappa shape index (κ1) is 12.0. The fourth-order valence-corrected chi connectivity index (χ4v) is 2.19. The highest BCUT2D eigenvalue weighted by atomic mass is 16.5. The number of hydrogen-bond donors (Lipinski definition) is 3. The molecule has 100 valence electrons. The topological polar surface area (TPSA) is 87.7 Å². The van der Waals surface area contributed by atoms with Gasteiger partial charge in [-0.1, -0.05) is 0 Å². The molecule has 1 aliphatic carbocycles. The lowest BCUT2D eigenvalue weighted by molar-refractivity contribution is -0.118. The molecule has 1 aliphatic heterocycles. The van der Waals surface area contributed by atoms with E-state index in [9.17, 15) is 14.7 Å². The molecule has 1 heterocycles. The van der Waals surface area contributed by atoms with Crippen LogP contribution in [0.2, 0.25) is 0 Å². The van der Waals surface area contributed by atoms with Crippen LogP contribution in [0.1, 0.15) is 23.2 Å². The van der Waals surface area contributed by atoms with Crippen LogP contribution in [-0.2, 0) is 4.79 Å². The summed E-state index contributed by atoms with van der Waals surface area (Å²) in [5.41, 5.74) is 1.06. The third-order valence-electron chi connectivity index (χ3n) is 3.33. The zero-order chi connectivity index (χ0) is 13.4. The van der Waals surface area contributed by atoms with Crippen molar-refractivity contribution < 1.29 is 19.4 Å². The van der Waals surface area contributed by atoms with Crippen LogP contribution in [0, 0.1) is 0 Å². The Balaban J connectivity index is 1.71. The molecule has 1 fully saturated rings. The molecule has 3 N–H and O–H groups in total. The van der Waals surface area contributed by atoms with Crippen LogP contribution < -0.4 is 15.4 Å². The molecular weight excluding hydrogens is 248 g/mol. The summed E-state index contributed by atoms with van der Waals surface area (Å²) in [4.78, 5) is 23.1. The minimum atomic E-state index is -0.299. The van der Waals surface area contributed by atoms with E-state index in [1.54, 1.807) is 18.2 Å². The van der Waals surface area contributed by atoms with Crippen molar-refractivity contribution in [3.05, 3.63) is 23.8 Å². The molecule has 0 spiro atoms. The lowest BCUT2D eigenvalue weighted by Crippen LogP contribution is -2.46. The lowest BCUT2D eigenvalue weighted by Gasteiger charge is -2.32. The van der Waals surface area contributed by atoms with Gasteiger partial charge in [0.15, 0.2) is 6.61 Å². The van der Waals surface area contributed by atoms with Gasteiger partial charge in [-0.25, -0.2) is 0 Å². The predicted octanol–water partition coefficient (Wildman–Crippen LogP) is 0.271. The first-order chi connectivity index (χ1) is 9.11. The van der Waals surface area contributed by atoms with Crippen LogP contribution in [0.25, 0.3) is 0 Å². The number of benzene rings is 1. The molecule has 2 aliphatic rings. The molecule has 1 aromatic rings. The van der Waals surface area contributed by atoms with Crippen LogP contribution in [-0.4, -0.2) is 35.7 Å². The zero-order valence-corrected chi connectivity index (χ0v) is 10.2. The summed E-state index contributed by atoms with van der Waals surface area (Å²) < 4.78 is 5.26. The minimum Gasteiger partial charge on any atom is -0.482 e. The van der Waals surface area contributed by atoms with E-state index in [2.05, 4.69) is 10.6 Å². The summed E-state index contributed by atoms with van der Waals surface area (Å²) >= 11 is 0. The molecular formula is C13H14N2O4. The smallest absolute Gasteiger partial charge is 0.262 e. The molecule has 0 unspecified atom stereocenters. The normalized spacial score (nSPS) is 24.6. The Morgan fingerprint density at radius 2 is 2.21 bits per heavy atom. The molecule has 19 heavy (non-hydrogen) atoms. The molecule has 0 atom stereocenters. The van der Waals surface area contributed by atoms with Crippen LogP contribution in [0.3, 0.4) is 0 Å². The van der Waals surface area contributed by atoms with E-state index >= 15 is 0 Å².